The molecule has 1 aromatic rings. The lowest BCUT2D eigenvalue weighted by atomic mass is 10.1. The summed E-state index contributed by atoms with van der Waals surface area (Å²) in [4.78, 5) is 23.9. The van der Waals surface area contributed by atoms with Crippen LogP contribution in [0.25, 0.3) is 0 Å². The largest absolute Gasteiger partial charge is 0.400 e. The van der Waals surface area contributed by atoms with E-state index in [-0.39, 0.29) is 11.8 Å². The number of amides is 1. The van der Waals surface area contributed by atoms with Crippen LogP contribution in [0.15, 0.2) is 18.2 Å². The van der Waals surface area contributed by atoms with Gasteiger partial charge in [0.1, 0.15) is 6.29 Å². The fourth-order valence-corrected chi connectivity index (χ4v) is 2.00. The lowest BCUT2D eigenvalue weighted by Crippen LogP contribution is -2.24. The summed E-state index contributed by atoms with van der Waals surface area (Å²) in [5, 5.41) is 7.64. The summed E-state index contributed by atoms with van der Waals surface area (Å²) in [5.41, 5.74) is 1.74. The van der Waals surface area contributed by atoms with Crippen molar-refractivity contribution in [3.8, 4) is 0 Å². The molecule has 0 spiro atoms. The predicted molar refractivity (Wildman–Crippen MR) is 70.9 cm³/mol. The van der Waals surface area contributed by atoms with Crippen LogP contribution in [0.4, 0.5) is 5.69 Å². The fourth-order valence-electron chi connectivity index (χ4n) is 1.83. The van der Waals surface area contributed by atoms with Gasteiger partial charge in [-0.15, -0.1) is 0 Å². The first-order chi connectivity index (χ1) is 8.61. The van der Waals surface area contributed by atoms with E-state index in [4.69, 9.17) is 16.7 Å². The number of carbonyl (C=O) groups excluding carboxylic acids is 2. The number of anilines is 1. The zero-order valence-electron chi connectivity index (χ0n) is 10.4. The number of rotatable bonds is 2. The molecule has 98 valence electrons. The van der Waals surface area contributed by atoms with Crippen LogP contribution in [0.5, 0.6) is 0 Å². The first kappa shape index (κ1) is 14.7. The minimum absolute atomic E-state index is 0.0166. The first-order valence-corrected chi connectivity index (χ1v) is 5.96. The third kappa shape index (κ3) is 3.09. The van der Waals surface area contributed by atoms with Crippen molar-refractivity contribution in [2.75, 3.05) is 18.6 Å². The van der Waals surface area contributed by atoms with Crippen molar-refractivity contribution >= 4 is 29.5 Å². The molecule has 0 bridgehead atoms. The molecule has 0 radical (unpaired) electrons. The third-order valence-corrected chi connectivity index (χ3v) is 3.22. The predicted octanol–water partition coefficient (Wildman–Crippen LogP) is 1.81. The molecule has 1 heterocycles. The van der Waals surface area contributed by atoms with Crippen molar-refractivity contribution in [1.29, 1.82) is 0 Å². The second kappa shape index (κ2) is 6.52. The maximum Gasteiger partial charge on any atom is 0.227 e. The third-order valence-electron chi connectivity index (χ3n) is 2.81. The second-order valence-corrected chi connectivity index (χ2v) is 4.45. The number of aryl methyl sites for hydroxylation is 1. The van der Waals surface area contributed by atoms with E-state index in [1.54, 1.807) is 11.0 Å². The van der Waals surface area contributed by atoms with Gasteiger partial charge >= 0.3 is 0 Å². The molecule has 1 unspecified atom stereocenters. The van der Waals surface area contributed by atoms with Gasteiger partial charge in [0, 0.05) is 36.7 Å². The van der Waals surface area contributed by atoms with Crippen molar-refractivity contribution in [3.63, 3.8) is 0 Å². The first-order valence-electron chi connectivity index (χ1n) is 5.58. The molecule has 0 saturated carbocycles. The summed E-state index contributed by atoms with van der Waals surface area (Å²) in [6.45, 7) is 2.37. The highest BCUT2D eigenvalue weighted by molar-refractivity contribution is 6.31. The Hall–Kier alpha value is -1.39. The topological polar surface area (TPSA) is 57.6 Å². The standard InChI is InChI=1S/C12H12ClNO2.CH4O/c1-8-2-3-10(5-11(8)13)14-6-9(7-15)4-12(14)16;1-2/h2-3,5,7,9H,4,6H2,1H3;2H,1H3. The monoisotopic (exact) mass is 269 g/mol. The molecule has 0 aromatic heterocycles. The smallest absolute Gasteiger partial charge is 0.227 e. The van der Waals surface area contributed by atoms with Gasteiger partial charge in [0.05, 0.1) is 0 Å². The quantitative estimate of drug-likeness (QED) is 0.833. The van der Waals surface area contributed by atoms with E-state index in [0.29, 0.717) is 18.0 Å². The molecule has 18 heavy (non-hydrogen) atoms. The molecule has 1 saturated heterocycles. The highest BCUT2D eigenvalue weighted by atomic mass is 35.5. The Kier molecular flexibility index (Phi) is 5.31. The summed E-state index contributed by atoms with van der Waals surface area (Å²) in [6.07, 6.45) is 1.14. The van der Waals surface area contributed by atoms with Gasteiger partial charge in [-0.05, 0) is 24.6 Å². The number of carbonyl (C=O) groups is 2. The average molecular weight is 270 g/mol. The fraction of sp³-hybridized carbons (Fsp3) is 0.385. The summed E-state index contributed by atoms with van der Waals surface area (Å²) in [7, 11) is 1.00. The van der Waals surface area contributed by atoms with Gasteiger partial charge in [0.25, 0.3) is 0 Å². The molecular formula is C13H16ClNO3. The summed E-state index contributed by atoms with van der Waals surface area (Å²) < 4.78 is 0. The van der Waals surface area contributed by atoms with E-state index in [9.17, 15) is 9.59 Å². The summed E-state index contributed by atoms with van der Waals surface area (Å²) >= 11 is 6.00. The van der Waals surface area contributed by atoms with Crippen LogP contribution in [0.3, 0.4) is 0 Å². The van der Waals surface area contributed by atoms with Gasteiger partial charge in [-0.1, -0.05) is 17.7 Å². The number of hydrogen-bond donors (Lipinski definition) is 1. The molecule has 4 nitrogen and oxygen atoms in total. The molecule has 1 amide bonds. The van der Waals surface area contributed by atoms with Crippen LogP contribution in [0.1, 0.15) is 12.0 Å². The van der Waals surface area contributed by atoms with Crippen LogP contribution < -0.4 is 4.90 Å². The van der Waals surface area contributed by atoms with Gasteiger partial charge in [-0.3, -0.25) is 4.79 Å². The highest BCUT2D eigenvalue weighted by Crippen LogP contribution is 2.27. The molecule has 1 aliphatic rings. The molecule has 0 aliphatic carbocycles. The molecule has 1 N–H and O–H groups in total. The van der Waals surface area contributed by atoms with E-state index in [1.807, 2.05) is 19.1 Å². The molecule has 1 aliphatic heterocycles. The van der Waals surface area contributed by atoms with Crippen LogP contribution in [-0.2, 0) is 9.59 Å². The number of benzene rings is 1. The van der Waals surface area contributed by atoms with Gasteiger partial charge in [0.2, 0.25) is 5.91 Å². The molecule has 2 rings (SSSR count). The van der Waals surface area contributed by atoms with Crippen molar-refractivity contribution < 1.29 is 14.7 Å². The summed E-state index contributed by atoms with van der Waals surface area (Å²) in [5.74, 6) is -0.204. The van der Waals surface area contributed by atoms with Crippen molar-refractivity contribution in [3.05, 3.63) is 28.8 Å². The van der Waals surface area contributed by atoms with E-state index in [0.717, 1.165) is 24.6 Å². The molecule has 5 heteroatoms. The number of nitrogens with zero attached hydrogens (tertiary/aromatic N) is 1. The van der Waals surface area contributed by atoms with E-state index in [2.05, 4.69) is 0 Å². The van der Waals surface area contributed by atoms with Crippen molar-refractivity contribution in [1.82, 2.24) is 0 Å². The highest BCUT2D eigenvalue weighted by Gasteiger charge is 2.30. The van der Waals surface area contributed by atoms with Crippen LogP contribution in [0.2, 0.25) is 5.02 Å². The van der Waals surface area contributed by atoms with Crippen LogP contribution in [-0.4, -0.2) is 31.0 Å². The zero-order valence-corrected chi connectivity index (χ0v) is 11.1. The Morgan fingerprint density at radius 3 is 2.61 bits per heavy atom. The molecule has 1 fully saturated rings. The minimum Gasteiger partial charge on any atom is -0.400 e. The van der Waals surface area contributed by atoms with Crippen molar-refractivity contribution in [2.24, 2.45) is 5.92 Å². The Balaban J connectivity index is 0.000000771. The molecular weight excluding hydrogens is 254 g/mol. The molecule has 1 aromatic carbocycles. The van der Waals surface area contributed by atoms with E-state index < -0.39 is 0 Å². The van der Waals surface area contributed by atoms with Gasteiger partial charge in [-0.2, -0.15) is 0 Å². The lowest BCUT2D eigenvalue weighted by molar-refractivity contribution is -0.119. The number of hydrogen-bond acceptors (Lipinski definition) is 3. The van der Waals surface area contributed by atoms with Gasteiger partial charge < -0.3 is 14.8 Å². The van der Waals surface area contributed by atoms with Crippen LogP contribution in [0, 0.1) is 12.8 Å². The minimum atomic E-state index is -0.187. The maximum absolute atomic E-state index is 11.7. The Bertz CT molecular complexity index is 448. The van der Waals surface area contributed by atoms with Gasteiger partial charge in [-0.25, -0.2) is 0 Å². The van der Waals surface area contributed by atoms with Crippen LogP contribution >= 0.6 is 11.6 Å². The number of halogens is 1. The number of aliphatic hydroxyl groups excluding tert-OH is 1. The van der Waals surface area contributed by atoms with Gasteiger partial charge in [0.15, 0.2) is 0 Å². The van der Waals surface area contributed by atoms with Crippen molar-refractivity contribution in [2.45, 2.75) is 13.3 Å². The molecule has 1 atom stereocenters. The Morgan fingerprint density at radius 2 is 2.11 bits per heavy atom. The maximum atomic E-state index is 11.7. The number of aldehydes is 1. The average Bonchev–Trinajstić information content (AvgIpc) is 2.77. The number of aliphatic hydroxyl groups is 1. The lowest BCUT2D eigenvalue weighted by Gasteiger charge is -2.16. The normalized spacial score (nSPS) is 18.3. The summed E-state index contributed by atoms with van der Waals surface area (Å²) in [6, 6.07) is 5.49. The Morgan fingerprint density at radius 1 is 1.44 bits per heavy atom. The Labute approximate surface area is 111 Å². The second-order valence-electron chi connectivity index (χ2n) is 4.04. The van der Waals surface area contributed by atoms with E-state index in [1.165, 1.54) is 0 Å². The SMILES string of the molecule is CO.Cc1ccc(N2CC(C=O)CC2=O)cc1Cl. The van der Waals surface area contributed by atoms with E-state index >= 15 is 0 Å². The zero-order chi connectivity index (χ0) is 13.7.